The van der Waals surface area contributed by atoms with E-state index in [-0.39, 0.29) is 71.4 Å². The average Bonchev–Trinajstić information content (AvgIpc) is 4.07. The van der Waals surface area contributed by atoms with Crippen LogP contribution in [0.3, 0.4) is 0 Å². The number of alkyl halides is 4. The number of imidazole rings is 2. The molecule has 2 aliphatic rings. The highest BCUT2D eigenvalue weighted by atomic mass is 19.3. The van der Waals surface area contributed by atoms with E-state index in [0.29, 0.717) is 43.1 Å². The molecule has 0 radical (unpaired) electrons. The van der Waals surface area contributed by atoms with Crippen LogP contribution < -0.4 is 10.6 Å². The first-order valence-electron chi connectivity index (χ1n) is 21.4. The van der Waals surface area contributed by atoms with Crippen molar-refractivity contribution >= 4 is 24.0 Å². The van der Waals surface area contributed by atoms with Gasteiger partial charge in [-0.15, -0.1) is 0 Å². The zero-order chi connectivity index (χ0) is 46.7. The number of hydrogen-bond acceptors (Lipinski definition) is 9. The number of H-pyrrole nitrogens is 2. The molecule has 6 rings (SSSR count). The first kappa shape index (κ1) is 47.5. The number of fused-ring (bicyclic) bond motifs is 3. The summed E-state index contributed by atoms with van der Waals surface area (Å²) in [6, 6.07) is 5.06. The second-order valence-electron chi connectivity index (χ2n) is 16.6. The highest BCUT2D eigenvalue weighted by molar-refractivity contribution is 5.87. The van der Waals surface area contributed by atoms with Gasteiger partial charge in [0.1, 0.15) is 30.3 Å². The van der Waals surface area contributed by atoms with Crippen molar-refractivity contribution in [2.75, 3.05) is 40.5 Å². The number of benzene rings is 2. The van der Waals surface area contributed by atoms with Crippen molar-refractivity contribution in [3.05, 3.63) is 71.6 Å². The summed E-state index contributed by atoms with van der Waals surface area (Å²) in [5.41, 5.74) is -0.878. The molecule has 19 heteroatoms. The minimum absolute atomic E-state index is 0.00496. The molecule has 0 saturated carbocycles. The first-order valence-corrected chi connectivity index (χ1v) is 21.4. The number of nitrogens with one attached hydrogen (secondary N) is 4. The molecule has 0 unspecified atom stereocenters. The Morgan fingerprint density at radius 1 is 0.828 bits per heavy atom. The quantitative estimate of drug-likeness (QED) is 0.0638. The predicted octanol–water partition coefficient (Wildman–Crippen LogP) is 8.07. The van der Waals surface area contributed by atoms with Gasteiger partial charge < -0.3 is 44.6 Å². The summed E-state index contributed by atoms with van der Waals surface area (Å²) < 4.78 is 79.6. The van der Waals surface area contributed by atoms with E-state index in [1.54, 1.807) is 56.6 Å². The highest BCUT2D eigenvalue weighted by Gasteiger charge is 2.63. The molecule has 4 amide bonds. The van der Waals surface area contributed by atoms with E-state index in [2.05, 4.69) is 30.6 Å². The Bertz CT molecular complexity index is 2330. The summed E-state index contributed by atoms with van der Waals surface area (Å²) >= 11 is 0. The smallest absolute Gasteiger partial charge is 0.407 e. The van der Waals surface area contributed by atoms with Gasteiger partial charge in [-0.3, -0.25) is 9.59 Å². The van der Waals surface area contributed by atoms with Gasteiger partial charge in [-0.05, 0) is 61.3 Å². The second kappa shape index (κ2) is 19.4. The zero-order valence-corrected chi connectivity index (χ0v) is 37.2. The number of aromatic nitrogens is 4. The van der Waals surface area contributed by atoms with Gasteiger partial charge in [0.25, 0.3) is 0 Å². The lowest BCUT2D eigenvalue weighted by Crippen LogP contribution is -2.52. The van der Waals surface area contributed by atoms with Crippen LogP contribution in [0.4, 0.5) is 27.2 Å². The number of hydrogen-bond donors (Lipinski definition) is 4. The van der Waals surface area contributed by atoms with Crippen LogP contribution in [0.15, 0.2) is 48.8 Å². The van der Waals surface area contributed by atoms with E-state index in [0.717, 1.165) is 12.1 Å². The van der Waals surface area contributed by atoms with Gasteiger partial charge in [0.05, 0.1) is 49.6 Å². The van der Waals surface area contributed by atoms with E-state index in [4.69, 9.17) is 14.2 Å². The van der Waals surface area contributed by atoms with Crippen molar-refractivity contribution in [3.8, 4) is 33.6 Å². The molecular formula is C45H56F4N8O7. The lowest BCUT2D eigenvalue weighted by atomic mass is 9.79. The monoisotopic (exact) mass is 896 g/mol. The summed E-state index contributed by atoms with van der Waals surface area (Å²) in [6.07, 6.45) is 2.92. The van der Waals surface area contributed by atoms with Crippen LogP contribution in [-0.2, 0) is 35.6 Å². The summed E-state index contributed by atoms with van der Waals surface area (Å²) in [7, 11) is 2.68. The minimum Gasteiger partial charge on any atom is -0.453 e. The van der Waals surface area contributed by atoms with Crippen LogP contribution in [0.2, 0.25) is 0 Å². The molecule has 0 bridgehead atoms. The average molecular weight is 897 g/mol. The van der Waals surface area contributed by atoms with Crippen molar-refractivity contribution in [2.45, 2.75) is 96.8 Å². The number of rotatable bonds is 16. The number of ether oxygens (including phenoxy) is 3. The summed E-state index contributed by atoms with van der Waals surface area (Å²) in [4.78, 5) is 70.3. The highest BCUT2D eigenvalue weighted by Crippen LogP contribution is 2.58. The van der Waals surface area contributed by atoms with Crippen LogP contribution >= 0.6 is 0 Å². The first-order chi connectivity index (χ1) is 30.4. The second-order valence-corrected chi connectivity index (χ2v) is 16.6. The largest absolute Gasteiger partial charge is 0.453 e. The molecule has 2 aromatic carbocycles. The standard InChI is InChI=1S/C45H56F4N8O7/c1-9-34(56(10-2)40(58)36(24(3)4)55-43(61)64-19-18-62-7)38-50-22-32(52-38)26-13-15-28-29-16-14-27(21-31(29)45(48,49)44(46,47)30(28)20-26)33-23-51-39(53-33)35-12-11-17-57(35)41(59)37(25(5)6)54-42(60)63-8/h13-16,20-25,34-37H,9-12,17-19H2,1-8H3,(H,50,52)(H,51,53)(H,54,60)(H,55,61)/t34-,35-,36-,37-/m0/s1. The van der Waals surface area contributed by atoms with Crippen molar-refractivity contribution in [2.24, 2.45) is 11.8 Å². The maximum absolute atomic E-state index is 16.2. The number of amides is 4. The number of likely N-dealkylation sites (tertiary alicyclic amines) is 1. The van der Waals surface area contributed by atoms with E-state index >= 15 is 17.6 Å². The van der Waals surface area contributed by atoms with Gasteiger partial charge in [0.15, 0.2) is 0 Å². The van der Waals surface area contributed by atoms with E-state index in [9.17, 15) is 19.2 Å². The SMILES string of the molecule is CC[C@@H](c1ncc(-c2ccc3c(c2)C(F)(F)C(F)(F)c2cc(-c4cnc([C@@H]5CCCN5C(=O)[C@@H](NC(=O)OC)C(C)C)[nH]4)ccc2-3)[nH]1)N(CC)C(=O)[C@@H](NC(=O)OCCOC)C(C)C. The molecule has 3 heterocycles. The van der Waals surface area contributed by atoms with Crippen LogP contribution in [0.5, 0.6) is 0 Å². The Morgan fingerprint density at radius 2 is 1.41 bits per heavy atom. The normalized spacial score (nSPS) is 17.6. The number of likely N-dealkylation sites (N-methyl/N-ethyl adjacent to an activating group) is 1. The third kappa shape index (κ3) is 9.17. The Kier molecular flexibility index (Phi) is 14.4. The third-order valence-corrected chi connectivity index (χ3v) is 11.9. The maximum atomic E-state index is 16.2. The zero-order valence-electron chi connectivity index (χ0n) is 37.2. The summed E-state index contributed by atoms with van der Waals surface area (Å²) in [6.45, 7) is 11.6. The van der Waals surface area contributed by atoms with E-state index in [1.165, 1.54) is 38.7 Å². The van der Waals surface area contributed by atoms with Crippen molar-refractivity contribution in [1.82, 2.24) is 40.4 Å². The van der Waals surface area contributed by atoms with Gasteiger partial charge >= 0.3 is 24.0 Å². The molecule has 0 spiro atoms. The fraction of sp³-hybridized carbons (Fsp3) is 0.511. The lowest BCUT2D eigenvalue weighted by Gasteiger charge is -2.35. The topological polar surface area (TPSA) is 184 Å². The number of halogens is 4. The van der Waals surface area contributed by atoms with Crippen LogP contribution in [0.25, 0.3) is 33.6 Å². The van der Waals surface area contributed by atoms with E-state index < -0.39 is 59.3 Å². The number of carbonyl (C=O) groups is 4. The molecule has 1 aliphatic carbocycles. The molecule has 346 valence electrons. The van der Waals surface area contributed by atoms with Gasteiger partial charge in [0.2, 0.25) is 11.8 Å². The molecule has 4 N–H and O–H groups in total. The number of nitrogens with zero attached hydrogens (tertiary/aromatic N) is 4. The Hall–Kier alpha value is -5.98. The molecule has 2 aromatic heterocycles. The molecule has 4 aromatic rings. The van der Waals surface area contributed by atoms with E-state index in [1.807, 2.05) is 6.92 Å². The third-order valence-electron chi connectivity index (χ3n) is 11.9. The van der Waals surface area contributed by atoms with Crippen LogP contribution in [0, 0.1) is 11.8 Å². The fourth-order valence-corrected chi connectivity index (χ4v) is 8.42. The molecular weight excluding hydrogens is 841 g/mol. The minimum atomic E-state index is -4.62. The van der Waals surface area contributed by atoms with Crippen LogP contribution in [-0.4, -0.2) is 106 Å². The fourth-order valence-electron chi connectivity index (χ4n) is 8.42. The maximum Gasteiger partial charge on any atom is 0.407 e. The number of methoxy groups -OCH3 is 2. The van der Waals surface area contributed by atoms with Crippen molar-refractivity contribution < 1.29 is 51.0 Å². The molecule has 64 heavy (non-hydrogen) atoms. The number of alkyl carbamates (subject to hydrolysis) is 2. The Labute approximate surface area is 369 Å². The summed E-state index contributed by atoms with van der Waals surface area (Å²) in [5, 5.41) is 5.23. The van der Waals surface area contributed by atoms with Crippen molar-refractivity contribution in [1.29, 1.82) is 0 Å². The van der Waals surface area contributed by atoms with Crippen molar-refractivity contribution in [3.63, 3.8) is 0 Å². The van der Waals surface area contributed by atoms with Crippen LogP contribution in [0.1, 0.15) is 95.7 Å². The lowest BCUT2D eigenvalue weighted by molar-refractivity contribution is -0.225. The van der Waals surface area contributed by atoms with Gasteiger partial charge in [0, 0.05) is 42.5 Å². The molecule has 4 atom stereocenters. The molecule has 15 nitrogen and oxygen atoms in total. The Morgan fingerprint density at radius 3 is 1.95 bits per heavy atom. The Balaban J connectivity index is 1.25. The van der Waals surface area contributed by atoms with Gasteiger partial charge in [-0.1, -0.05) is 58.9 Å². The number of carbonyl (C=O) groups excluding carboxylic acids is 4. The number of aromatic amines is 2. The molecule has 1 saturated heterocycles. The van der Waals surface area contributed by atoms with Gasteiger partial charge in [-0.2, -0.15) is 17.6 Å². The predicted molar refractivity (Wildman–Crippen MR) is 228 cm³/mol. The van der Waals surface area contributed by atoms with Gasteiger partial charge in [-0.25, -0.2) is 19.6 Å². The summed E-state index contributed by atoms with van der Waals surface area (Å²) in [5.74, 6) is -9.77. The molecule has 1 fully saturated rings. The molecule has 1 aliphatic heterocycles.